The first-order valence-corrected chi connectivity index (χ1v) is 50.3. The van der Waals surface area contributed by atoms with Crippen molar-refractivity contribution in [2.45, 2.75) is 119 Å². The summed E-state index contributed by atoms with van der Waals surface area (Å²) in [6, 6.07) is 17.2. The van der Waals surface area contributed by atoms with Gasteiger partial charge in [0.2, 0.25) is 0 Å². The van der Waals surface area contributed by atoms with Crippen molar-refractivity contribution < 1.29 is 5.11 Å². The van der Waals surface area contributed by atoms with Crippen LogP contribution in [0.5, 0.6) is 5.75 Å². The molecule has 10 aliphatic heterocycles. The summed E-state index contributed by atoms with van der Waals surface area (Å²) in [4.78, 5) is 26.1. The predicted octanol–water partition coefficient (Wildman–Crippen LogP) is 27.3. The Hall–Kier alpha value is 1.07. The third-order valence-corrected chi connectivity index (χ3v) is 48.5. The lowest BCUT2D eigenvalue weighted by molar-refractivity contribution is 0.475. The second-order valence-corrected chi connectivity index (χ2v) is 49.2. The molecule has 14 rings (SSSR count). The first kappa shape index (κ1) is 70.1. The van der Waals surface area contributed by atoms with Crippen molar-refractivity contribution in [3.05, 3.63) is 131 Å². The Balaban J connectivity index is 0.949. The van der Waals surface area contributed by atoms with E-state index in [1.807, 2.05) is 281 Å². The van der Waals surface area contributed by atoms with E-state index in [-0.39, 0.29) is 0 Å². The highest BCUT2D eigenvalue weighted by atomic mass is 32.3. The Morgan fingerprint density at radius 1 is 0.359 bits per heavy atom. The van der Waals surface area contributed by atoms with Gasteiger partial charge in [0.1, 0.15) is 13.4 Å². The van der Waals surface area contributed by atoms with Crippen LogP contribution in [0.3, 0.4) is 0 Å². The minimum Gasteiger partial charge on any atom is -0.508 e. The summed E-state index contributed by atoms with van der Waals surface area (Å²) in [6.07, 6.45) is 9.08. The molecule has 482 valence electrons. The molecular formula is C64H62N4OS23. The summed E-state index contributed by atoms with van der Waals surface area (Å²) in [6.45, 7) is 16.1. The molecule has 8 bridgehead atoms. The van der Waals surface area contributed by atoms with Gasteiger partial charge in [0.15, 0.2) is 0 Å². The first-order chi connectivity index (χ1) is 45.1. The lowest BCUT2D eigenvalue weighted by Crippen LogP contribution is -1.87. The van der Waals surface area contributed by atoms with Gasteiger partial charge in [0.05, 0.1) is 137 Å². The highest BCUT2D eigenvalue weighted by Crippen LogP contribution is 2.67. The topological polar surface area (TPSA) is 77.6 Å². The van der Waals surface area contributed by atoms with E-state index in [2.05, 4.69) is 82.7 Å². The van der Waals surface area contributed by atoms with Gasteiger partial charge in [-0.15, -0.1) is 128 Å². The fourth-order valence-corrected chi connectivity index (χ4v) is 42.6. The molecular weight excluding hydrogens is 1580 g/mol. The van der Waals surface area contributed by atoms with Gasteiger partial charge in [-0.25, -0.2) is 9.97 Å². The highest BCUT2D eigenvalue weighted by molar-refractivity contribution is 8.47. The fraction of sp³-hybridized carbons (Fsp3) is 0.344. The standard InChI is InChI=1S/C64H62N4OS23/c1-8-20-70-51-52(71-21-9-2)88-62(87-51)59-80-44-36-27-34-42-43(79-58(78-42)57-77-31(7)50(86-57)76-26-14-15-32-16-18-33(69)19-17-32)35(65-34)28-37-45-47(83-60(81-45)63-89-53(72-22-10-3)54(90-63)73-23-11-4)39(67-37)30-41-49-48(40(68-41)29-38(66-36)46(44)82-59)84-61(85-49)64-91-55(74-24-12-5)56(92-64)75-25-13-6/h16-19,27-30,65,68-69H,8-15,20-26H2,1-7H3. The summed E-state index contributed by atoms with van der Waals surface area (Å²) in [5.74, 6) is 8.20. The molecule has 0 radical (unpaired) electrons. The Labute approximate surface area is 634 Å². The van der Waals surface area contributed by atoms with E-state index in [1.54, 1.807) is 12.1 Å². The van der Waals surface area contributed by atoms with E-state index < -0.39 is 0 Å². The van der Waals surface area contributed by atoms with Crippen molar-refractivity contribution in [1.29, 1.82) is 0 Å². The summed E-state index contributed by atoms with van der Waals surface area (Å²) < 4.78 is 26.3. The molecule has 1 aromatic carbocycles. The number of nitrogens with zero attached hydrogens (tertiary/aromatic N) is 2. The zero-order chi connectivity index (χ0) is 63.0. The van der Waals surface area contributed by atoms with E-state index in [0.29, 0.717) is 5.75 Å². The number of thioether (sulfide) groups is 19. The Kier molecular flexibility index (Phi) is 24.8. The average molecular weight is 1640 g/mol. The number of aryl methyl sites for hydroxylation is 1. The van der Waals surface area contributed by atoms with Crippen LogP contribution in [0.1, 0.15) is 99.0 Å². The van der Waals surface area contributed by atoms with E-state index in [1.165, 1.54) is 124 Å². The molecule has 0 aliphatic carbocycles. The monoisotopic (exact) mass is 1640 g/mol. The molecule has 0 spiro atoms. The van der Waals surface area contributed by atoms with Crippen LogP contribution in [0.2, 0.25) is 0 Å². The molecule has 0 fully saturated rings. The van der Waals surface area contributed by atoms with Crippen LogP contribution in [-0.2, 0) is 6.42 Å². The molecule has 10 aliphatic rings. The molecule has 0 saturated carbocycles. The number of H-pyrrole nitrogens is 2. The maximum Gasteiger partial charge on any atom is 0.115 e. The number of phenolic OH excluding ortho intramolecular Hbond substituents is 1. The number of aromatic hydroxyl groups is 1. The van der Waals surface area contributed by atoms with Crippen LogP contribution in [-0.4, -0.2) is 65.3 Å². The number of aromatic amines is 2. The maximum atomic E-state index is 9.86. The molecule has 3 N–H and O–H groups in total. The quantitative estimate of drug-likeness (QED) is 0.0531. The fourth-order valence-electron chi connectivity index (χ4n) is 9.68. The third-order valence-electron chi connectivity index (χ3n) is 13.8. The van der Waals surface area contributed by atoms with Gasteiger partial charge < -0.3 is 15.1 Å². The average Bonchev–Trinajstić information content (AvgIpc) is 1.59. The number of nitrogens with one attached hydrogen (secondary N) is 2. The zero-order valence-corrected chi connectivity index (χ0v) is 69.7. The van der Waals surface area contributed by atoms with Gasteiger partial charge >= 0.3 is 0 Å². The smallest absolute Gasteiger partial charge is 0.115 e. The first-order valence-electron chi connectivity index (χ1n) is 30.3. The molecule has 0 saturated heterocycles. The molecule has 4 aromatic rings. The summed E-state index contributed by atoms with van der Waals surface area (Å²) >= 11 is 45.6. The van der Waals surface area contributed by atoms with Gasteiger partial charge in [-0.05, 0) is 141 Å². The SMILES string of the molecule is CCCSC1=C(SCCC)SC(=C2Sc3c(c4cc5nc(cc6[nH]c(cc7nc(cc3[nH]4)c3sc(=C4SC(SCCC)=C(SCCC)S4)sc7=3)c3c6SC(=C4SC(C)=C(SCCCc6ccc(O)cc6)S4)S3)c3sc(=C4SC(SCCC)=C(SCCC)S4)sc5=3)S2)S1. The van der Waals surface area contributed by atoms with Crippen LogP contribution in [0.25, 0.3) is 52.6 Å². The highest BCUT2D eigenvalue weighted by Gasteiger charge is 2.34. The van der Waals surface area contributed by atoms with Gasteiger partial charge in [-0.2, -0.15) is 0 Å². The molecule has 0 amide bonds. The third kappa shape index (κ3) is 15.5. The van der Waals surface area contributed by atoms with E-state index >= 15 is 0 Å². The van der Waals surface area contributed by atoms with Crippen molar-refractivity contribution in [2.24, 2.45) is 0 Å². The normalized spacial score (nSPS) is 17.0. The van der Waals surface area contributed by atoms with Crippen LogP contribution >= 0.6 is 269 Å². The van der Waals surface area contributed by atoms with Crippen LogP contribution in [0.15, 0.2) is 120 Å². The number of phenols is 1. The predicted molar refractivity (Wildman–Crippen MR) is 453 cm³/mol. The van der Waals surface area contributed by atoms with Gasteiger partial charge in [0, 0.05) is 4.91 Å². The number of benzene rings is 1. The van der Waals surface area contributed by atoms with E-state index in [0.717, 1.165) is 123 Å². The van der Waals surface area contributed by atoms with Crippen molar-refractivity contribution in [3.8, 4) is 5.75 Å². The van der Waals surface area contributed by atoms with Crippen LogP contribution in [0, 0.1) is 18.1 Å². The van der Waals surface area contributed by atoms with Crippen molar-refractivity contribution in [1.82, 2.24) is 19.9 Å². The van der Waals surface area contributed by atoms with Crippen molar-refractivity contribution in [2.75, 3.05) is 40.3 Å². The van der Waals surface area contributed by atoms with E-state index in [4.69, 9.17) is 9.97 Å². The minimum atomic E-state index is 0.324. The van der Waals surface area contributed by atoms with Crippen molar-refractivity contribution in [3.63, 3.8) is 0 Å². The molecule has 92 heavy (non-hydrogen) atoms. The zero-order valence-electron chi connectivity index (χ0n) is 51.0. The van der Waals surface area contributed by atoms with E-state index in [9.17, 15) is 5.11 Å². The van der Waals surface area contributed by atoms with Crippen LogP contribution in [0.4, 0.5) is 0 Å². The molecule has 3 aromatic heterocycles. The number of rotatable bonds is 23. The molecule has 0 unspecified atom stereocenters. The Morgan fingerprint density at radius 3 is 0.989 bits per heavy atom. The van der Waals surface area contributed by atoms with Gasteiger partial charge in [-0.1, -0.05) is 195 Å². The number of hydrogen-bond acceptors (Lipinski definition) is 26. The number of hydrogen-bond donors (Lipinski definition) is 3. The van der Waals surface area contributed by atoms with Crippen LogP contribution < -0.4 is 7.69 Å². The number of fused-ring (bicyclic) bond motifs is 18. The second kappa shape index (κ2) is 32.6. The summed E-state index contributed by atoms with van der Waals surface area (Å²) in [5, 5.41) is 9.86. The minimum absolute atomic E-state index is 0.324. The van der Waals surface area contributed by atoms with Gasteiger partial charge in [-0.3, -0.25) is 0 Å². The molecule has 5 nitrogen and oxygen atoms in total. The summed E-state index contributed by atoms with van der Waals surface area (Å²) in [7, 11) is 0. The number of aromatic nitrogens is 4. The molecule has 28 heteroatoms. The lowest BCUT2D eigenvalue weighted by atomic mass is 10.1. The Bertz CT molecular complexity index is 4500. The Morgan fingerprint density at radius 2 is 0.652 bits per heavy atom. The summed E-state index contributed by atoms with van der Waals surface area (Å²) in [5.41, 5.74) is 9.81. The van der Waals surface area contributed by atoms with Gasteiger partial charge in [0.25, 0.3) is 0 Å². The van der Waals surface area contributed by atoms with Crippen molar-refractivity contribution >= 4 is 321 Å². The number of allylic oxidation sites excluding steroid dienone is 1. The largest absolute Gasteiger partial charge is 0.508 e. The lowest BCUT2D eigenvalue weighted by Gasteiger charge is -2.04. The molecule has 13 heterocycles. The second-order valence-electron chi connectivity index (χ2n) is 21.1. The maximum absolute atomic E-state index is 9.86. The molecule has 0 atom stereocenters.